The number of H-pyrrole nitrogens is 1. The molecule has 138 valence electrons. The molecule has 2 aliphatic heterocycles. The lowest BCUT2D eigenvalue weighted by Gasteiger charge is -2.32. The van der Waals surface area contributed by atoms with E-state index < -0.39 is 0 Å². The van der Waals surface area contributed by atoms with Gasteiger partial charge in [0, 0.05) is 66.6 Å². The van der Waals surface area contributed by atoms with Crippen LogP contribution in [0, 0.1) is 0 Å². The third-order valence-corrected chi connectivity index (χ3v) is 5.67. The van der Waals surface area contributed by atoms with Crippen molar-refractivity contribution in [1.82, 2.24) is 19.9 Å². The standard InChI is InChI=1S/C20H21ClN6/c1-26-6-8-27(9-7-26)20-23-11-13(12-24-20)18-19-15(4-5-22-18)16-10-14(21)2-3-17(16)25-19/h2-3,10-12,25H,4-9H2,1H3. The van der Waals surface area contributed by atoms with Crippen molar-refractivity contribution in [3.63, 3.8) is 0 Å². The highest BCUT2D eigenvalue weighted by molar-refractivity contribution is 6.31. The first kappa shape index (κ1) is 16.7. The van der Waals surface area contributed by atoms with Crippen molar-refractivity contribution in [2.75, 3.05) is 44.7 Å². The number of piperazine rings is 1. The molecule has 3 aromatic rings. The van der Waals surface area contributed by atoms with E-state index in [-0.39, 0.29) is 0 Å². The van der Waals surface area contributed by atoms with Crippen LogP contribution in [0.5, 0.6) is 0 Å². The quantitative estimate of drug-likeness (QED) is 0.742. The molecule has 4 heterocycles. The van der Waals surface area contributed by atoms with Gasteiger partial charge in [0.25, 0.3) is 0 Å². The number of nitrogens with zero attached hydrogens (tertiary/aromatic N) is 5. The average molecular weight is 381 g/mol. The summed E-state index contributed by atoms with van der Waals surface area (Å²) in [6, 6.07) is 5.97. The number of aromatic nitrogens is 3. The summed E-state index contributed by atoms with van der Waals surface area (Å²) >= 11 is 6.20. The lowest BCUT2D eigenvalue weighted by molar-refractivity contribution is 0.311. The van der Waals surface area contributed by atoms with Crippen LogP contribution >= 0.6 is 11.6 Å². The van der Waals surface area contributed by atoms with Gasteiger partial charge in [-0.15, -0.1) is 0 Å². The smallest absolute Gasteiger partial charge is 0.225 e. The minimum absolute atomic E-state index is 0.758. The zero-order valence-corrected chi connectivity index (χ0v) is 16.0. The number of halogens is 1. The fourth-order valence-electron chi connectivity index (χ4n) is 3.89. The molecule has 0 amide bonds. The summed E-state index contributed by atoms with van der Waals surface area (Å²) in [6.45, 7) is 4.77. The van der Waals surface area contributed by atoms with E-state index in [1.54, 1.807) is 0 Å². The number of hydrogen-bond acceptors (Lipinski definition) is 5. The van der Waals surface area contributed by atoms with E-state index in [1.165, 1.54) is 10.9 Å². The lowest BCUT2D eigenvalue weighted by atomic mass is 9.99. The van der Waals surface area contributed by atoms with Crippen LogP contribution in [0.1, 0.15) is 16.8 Å². The highest BCUT2D eigenvalue weighted by Gasteiger charge is 2.22. The predicted molar refractivity (Wildman–Crippen MR) is 109 cm³/mol. The number of likely N-dealkylation sites (N-methyl/N-ethyl adjacent to an activating group) is 1. The lowest BCUT2D eigenvalue weighted by Crippen LogP contribution is -2.45. The SMILES string of the molecule is CN1CCN(c2ncc(C3=NCCc4c3[nH]c3ccc(Cl)cc43)cn2)CC1. The first-order valence-corrected chi connectivity index (χ1v) is 9.68. The number of rotatable bonds is 2. The molecule has 0 unspecified atom stereocenters. The van der Waals surface area contributed by atoms with Crippen LogP contribution in [0.2, 0.25) is 5.02 Å². The topological polar surface area (TPSA) is 60.4 Å². The second-order valence-corrected chi connectivity index (χ2v) is 7.65. The minimum atomic E-state index is 0.758. The molecule has 1 aromatic carbocycles. The van der Waals surface area contributed by atoms with Crippen molar-refractivity contribution in [3.8, 4) is 0 Å². The van der Waals surface area contributed by atoms with Crippen molar-refractivity contribution in [1.29, 1.82) is 0 Å². The number of aromatic amines is 1. The summed E-state index contributed by atoms with van der Waals surface area (Å²) in [5.41, 5.74) is 5.32. The Kier molecular flexibility index (Phi) is 4.10. The Morgan fingerprint density at radius 2 is 1.85 bits per heavy atom. The van der Waals surface area contributed by atoms with Gasteiger partial charge in [-0.3, -0.25) is 4.99 Å². The van der Waals surface area contributed by atoms with Crippen LogP contribution in [0.15, 0.2) is 35.6 Å². The Morgan fingerprint density at radius 3 is 2.63 bits per heavy atom. The average Bonchev–Trinajstić information content (AvgIpc) is 3.07. The molecule has 1 fully saturated rings. The summed E-state index contributed by atoms with van der Waals surface area (Å²) < 4.78 is 0. The van der Waals surface area contributed by atoms with Crippen molar-refractivity contribution in [2.45, 2.75) is 6.42 Å². The maximum atomic E-state index is 6.20. The summed E-state index contributed by atoms with van der Waals surface area (Å²) in [7, 11) is 2.15. The Bertz CT molecular complexity index is 1010. The largest absolute Gasteiger partial charge is 0.353 e. The van der Waals surface area contributed by atoms with Gasteiger partial charge in [-0.1, -0.05) is 11.6 Å². The van der Waals surface area contributed by atoms with Gasteiger partial charge in [0.15, 0.2) is 0 Å². The fraction of sp³-hybridized carbons (Fsp3) is 0.350. The van der Waals surface area contributed by atoms with E-state index in [1.807, 2.05) is 30.6 Å². The van der Waals surface area contributed by atoms with Crippen molar-refractivity contribution in [3.05, 3.63) is 52.4 Å². The van der Waals surface area contributed by atoms with E-state index in [9.17, 15) is 0 Å². The summed E-state index contributed by atoms with van der Waals surface area (Å²) in [5.74, 6) is 0.798. The summed E-state index contributed by atoms with van der Waals surface area (Å²) in [5, 5.41) is 1.94. The normalized spacial score (nSPS) is 17.9. The minimum Gasteiger partial charge on any atom is -0.353 e. The van der Waals surface area contributed by atoms with Crippen molar-refractivity contribution < 1.29 is 0 Å². The van der Waals surface area contributed by atoms with Crippen molar-refractivity contribution in [2.24, 2.45) is 4.99 Å². The first-order chi connectivity index (χ1) is 13.2. The molecule has 1 N–H and O–H groups in total. The summed E-state index contributed by atoms with van der Waals surface area (Å²) in [4.78, 5) is 22.1. The molecule has 0 bridgehead atoms. The van der Waals surface area contributed by atoms with Crippen LogP contribution < -0.4 is 4.90 Å². The Labute approximate surface area is 162 Å². The Morgan fingerprint density at radius 1 is 1.07 bits per heavy atom. The molecule has 2 aromatic heterocycles. The van der Waals surface area contributed by atoms with E-state index in [4.69, 9.17) is 16.6 Å². The number of anilines is 1. The highest BCUT2D eigenvalue weighted by atomic mass is 35.5. The van der Waals surface area contributed by atoms with Gasteiger partial charge in [-0.2, -0.15) is 0 Å². The maximum Gasteiger partial charge on any atom is 0.225 e. The van der Waals surface area contributed by atoms with E-state index >= 15 is 0 Å². The van der Waals surface area contributed by atoms with Crippen LogP contribution in [0.3, 0.4) is 0 Å². The van der Waals surface area contributed by atoms with Gasteiger partial charge < -0.3 is 14.8 Å². The zero-order chi connectivity index (χ0) is 18.4. The Hall–Kier alpha value is -2.44. The number of benzene rings is 1. The van der Waals surface area contributed by atoms with Crippen LogP contribution in [-0.2, 0) is 6.42 Å². The molecule has 6 nitrogen and oxygen atoms in total. The maximum absolute atomic E-state index is 6.20. The third kappa shape index (κ3) is 2.99. The van der Waals surface area contributed by atoms with Crippen LogP contribution in [-0.4, -0.2) is 65.3 Å². The number of nitrogens with one attached hydrogen (secondary N) is 1. The van der Waals surface area contributed by atoms with Crippen molar-refractivity contribution >= 4 is 34.2 Å². The predicted octanol–water partition coefficient (Wildman–Crippen LogP) is 2.76. The zero-order valence-electron chi connectivity index (χ0n) is 15.2. The van der Waals surface area contributed by atoms with Gasteiger partial charge in [0.05, 0.1) is 11.4 Å². The molecule has 27 heavy (non-hydrogen) atoms. The number of hydrogen-bond donors (Lipinski definition) is 1. The first-order valence-electron chi connectivity index (χ1n) is 9.30. The third-order valence-electron chi connectivity index (χ3n) is 5.43. The fourth-order valence-corrected chi connectivity index (χ4v) is 4.06. The highest BCUT2D eigenvalue weighted by Crippen LogP contribution is 2.30. The van der Waals surface area contributed by atoms with Gasteiger partial charge in [0.2, 0.25) is 5.95 Å². The molecule has 5 rings (SSSR count). The number of aliphatic imine (C=N–C) groups is 1. The van der Waals surface area contributed by atoms with Gasteiger partial charge in [-0.25, -0.2) is 9.97 Å². The summed E-state index contributed by atoms with van der Waals surface area (Å²) in [6.07, 6.45) is 4.71. The number of fused-ring (bicyclic) bond motifs is 3. The van der Waals surface area contributed by atoms with E-state index in [2.05, 4.69) is 31.8 Å². The molecule has 1 saturated heterocycles. The molecule has 0 atom stereocenters. The molecular weight excluding hydrogens is 360 g/mol. The second kappa shape index (κ2) is 6.62. The molecule has 2 aliphatic rings. The monoisotopic (exact) mass is 380 g/mol. The van der Waals surface area contributed by atoms with E-state index in [0.717, 1.165) is 72.6 Å². The molecular formula is C20H21ClN6. The van der Waals surface area contributed by atoms with Crippen LogP contribution in [0.4, 0.5) is 5.95 Å². The van der Waals surface area contributed by atoms with Gasteiger partial charge >= 0.3 is 0 Å². The molecule has 0 radical (unpaired) electrons. The van der Waals surface area contributed by atoms with Crippen LogP contribution in [0.25, 0.3) is 10.9 Å². The molecule has 0 spiro atoms. The van der Waals surface area contributed by atoms with Gasteiger partial charge in [0.1, 0.15) is 0 Å². The second-order valence-electron chi connectivity index (χ2n) is 7.21. The molecule has 7 heteroatoms. The van der Waals surface area contributed by atoms with Gasteiger partial charge in [-0.05, 0) is 37.2 Å². The molecule has 0 saturated carbocycles. The Balaban J connectivity index is 1.47. The molecule has 0 aliphatic carbocycles. The van der Waals surface area contributed by atoms with E-state index in [0.29, 0.717) is 0 Å².